The third-order valence-electron chi connectivity index (χ3n) is 2.91. The van der Waals surface area contributed by atoms with Crippen LogP contribution in [0.1, 0.15) is 40.0 Å². The maximum absolute atomic E-state index is 6.06. The van der Waals surface area contributed by atoms with Crippen molar-refractivity contribution < 1.29 is 0 Å². The summed E-state index contributed by atoms with van der Waals surface area (Å²) in [5.74, 6) is 0.661. The predicted octanol–water partition coefficient (Wildman–Crippen LogP) is 1.50. The van der Waals surface area contributed by atoms with Gasteiger partial charge < -0.3 is 11.1 Å². The molecule has 0 bridgehead atoms. The molecule has 0 aromatic rings. The van der Waals surface area contributed by atoms with Crippen molar-refractivity contribution >= 4 is 0 Å². The molecule has 0 aliphatic carbocycles. The van der Waals surface area contributed by atoms with Gasteiger partial charge in [-0.1, -0.05) is 13.3 Å². The summed E-state index contributed by atoms with van der Waals surface area (Å²) in [6.45, 7) is 7.61. The number of nitrogens with one attached hydrogen (secondary N) is 1. The van der Waals surface area contributed by atoms with Crippen LogP contribution in [0.15, 0.2) is 0 Å². The first-order valence-corrected chi connectivity index (χ1v) is 5.06. The van der Waals surface area contributed by atoms with Crippen LogP contribution in [-0.4, -0.2) is 18.1 Å². The Bertz CT molecular complexity index is 137. The number of hydrogen-bond donors (Lipinski definition) is 2. The van der Waals surface area contributed by atoms with Gasteiger partial charge in [-0.05, 0) is 39.2 Å². The minimum atomic E-state index is -0.00447. The Hall–Kier alpha value is -0.0800. The fourth-order valence-electron chi connectivity index (χ4n) is 1.95. The summed E-state index contributed by atoms with van der Waals surface area (Å²) in [6, 6.07) is 0.725. The predicted molar refractivity (Wildman–Crippen MR) is 53.1 cm³/mol. The Labute approximate surface area is 75.9 Å². The normalized spacial score (nSPS) is 31.0. The van der Waals surface area contributed by atoms with Crippen LogP contribution in [0.3, 0.4) is 0 Å². The lowest BCUT2D eigenvalue weighted by Crippen LogP contribution is -2.41. The zero-order valence-electron chi connectivity index (χ0n) is 8.56. The standard InChI is InChI=1S/C10H22N2/c1-4-5-9-6-8(7-12-9)10(2,3)11/h8-9,12H,4-7,11H2,1-3H3/t8?,9-/m1/s1. The molecule has 0 aromatic heterocycles. The van der Waals surface area contributed by atoms with Crippen molar-refractivity contribution in [1.29, 1.82) is 0 Å². The van der Waals surface area contributed by atoms with Crippen LogP contribution >= 0.6 is 0 Å². The molecule has 1 fully saturated rings. The molecule has 1 heterocycles. The van der Waals surface area contributed by atoms with Gasteiger partial charge in [-0.15, -0.1) is 0 Å². The third-order valence-corrected chi connectivity index (χ3v) is 2.91. The Morgan fingerprint density at radius 1 is 1.50 bits per heavy atom. The molecule has 12 heavy (non-hydrogen) atoms. The smallest absolute Gasteiger partial charge is 0.0138 e. The Kier molecular flexibility index (Phi) is 3.13. The first-order valence-electron chi connectivity index (χ1n) is 5.06. The quantitative estimate of drug-likeness (QED) is 0.673. The van der Waals surface area contributed by atoms with Crippen molar-refractivity contribution in [2.45, 2.75) is 51.6 Å². The molecule has 1 saturated heterocycles. The minimum absolute atomic E-state index is 0.00447. The second kappa shape index (κ2) is 3.75. The largest absolute Gasteiger partial charge is 0.325 e. The monoisotopic (exact) mass is 170 g/mol. The van der Waals surface area contributed by atoms with Gasteiger partial charge in [-0.3, -0.25) is 0 Å². The molecule has 2 nitrogen and oxygen atoms in total. The first kappa shape index (κ1) is 10.0. The van der Waals surface area contributed by atoms with E-state index in [0.717, 1.165) is 12.6 Å². The molecule has 1 unspecified atom stereocenters. The van der Waals surface area contributed by atoms with Crippen molar-refractivity contribution in [3.8, 4) is 0 Å². The molecule has 2 heteroatoms. The van der Waals surface area contributed by atoms with Gasteiger partial charge in [-0.2, -0.15) is 0 Å². The van der Waals surface area contributed by atoms with Crippen molar-refractivity contribution in [3.05, 3.63) is 0 Å². The van der Waals surface area contributed by atoms with Gasteiger partial charge in [0.1, 0.15) is 0 Å². The fourth-order valence-corrected chi connectivity index (χ4v) is 1.95. The molecule has 2 atom stereocenters. The fraction of sp³-hybridized carbons (Fsp3) is 1.00. The van der Waals surface area contributed by atoms with Gasteiger partial charge in [0.15, 0.2) is 0 Å². The van der Waals surface area contributed by atoms with Crippen molar-refractivity contribution in [1.82, 2.24) is 5.32 Å². The second-order valence-electron chi connectivity index (χ2n) is 4.65. The van der Waals surface area contributed by atoms with E-state index in [9.17, 15) is 0 Å². The van der Waals surface area contributed by atoms with Crippen LogP contribution in [0.4, 0.5) is 0 Å². The molecule has 0 spiro atoms. The molecule has 72 valence electrons. The topological polar surface area (TPSA) is 38.0 Å². The summed E-state index contributed by atoms with van der Waals surface area (Å²) in [4.78, 5) is 0. The van der Waals surface area contributed by atoms with E-state index < -0.39 is 0 Å². The average Bonchev–Trinajstić information content (AvgIpc) is 2.35. The highest BCUT2D eigenvalue weighted by Gasteiger charge is 2.32. The van der Waals surface area contributed by atoms with Crippen LogP contribution in [0.5, 0.6) is 0 Å². The highest BCUT2D eigenvalue weighted by atomic mass is 15.0. The number of hydrogen-bond acceptors (Lipinski definition) is 2. The van der Waals surface area contributed by atoms with Gasteiger partial charge in [0.05, 0.1) is 0 Å². The molecule has 0 saturated carbocycles. The van der Waals surface area contributed by atoms with Crippen LogP contribution < -0.4 is 11.1 Å². The highest BCUT2D eigenvalue weighted by molar-refractivity contribution is 4.92. The average molecular weight is 170 g/mol. The summed E-state index contributed by atoms with van der Waals surface area (Å²) >= 11 is 0. The van der Waals surface area contributed by atoms with Gasteiger partial charge in [0.25, 0.3) is 0 Å². The van der Waals surface area contributed by atoms with Gasteiger partial charge in [0, 0.05) is 11.6 Å². The summed E-state index contributed by atoms with van der Waals surface area (Å²) in [7, 11) is 0. The van der Waals surface area contributed by atoms with Crippen molar-refractivity contribution in [2.75, 3.05) is 6.54 Å². The lowest BCUT2D eigenvalue weighted by Gasteiger charge is -2.26. The zero-order valence-corrected chi connectivity index (χ0v) is 8.56. The number of nitrogens with two attached hydrogens (primary N) is 1. The number of rotatable bonds is 3. The van der Waals surface area contributed by atoms with E-state index in [1.54, 1.807) is 0 Å². The van der Waals surface area contributed by atoms with E-state index >= 15 is 0 Å². The van der Waals surface area contributed by atoms with Gasteiger partial charge in [-0.25, -0.2) is 0 Å². The van der Waals surface area contributed by atoms with Crippen molar-refractivity contribution in [3.63, 3.8) is 0 Å². The maximum atomic E-state index is 6.06. The molecular formula is C10H22N2. The molecule has 1 aliphatic rings. The van der Waals surface area contributed by atoms with E-state index in [1.807, 2.05) is 0 Å². The van der Waals surface area contributed by atoms with Crippen LogP contribution in [0, 0.1) is 5.92 Å². The molecule has 0 aromatic carbocycles. The Morgan fingerprint density at radius 2 is 2.17 bits per heavy atom. The van der Waals surface area contributed by atoms with Crippen LogP contribution in [0.25, 0.3) is 0 Å². The Balaban J connectivity index is 2.35. The zero-order chi connectivity index (χ0) is 9.19. The summed E-state index contributed by atoms with van der Waals surface area (Å²) in [5.41, 5.74) is 6.05. The van der Waals surface area contributed by atoms with Crippen LogP contribution in [0.2, 0.25) is 0 Å². The molecule has 0 radical (unpaired) electrons. The van der Waals surface area contributed by atoms with E-state index in [-0.39, 0.29) is 5.54 Å². The summed E-state index contributed by atoms with van der Waals surface area (Å²) in [5, 5.41) is 3.53. The van der Waals surface area contributed by atoms with Gasteiger partial charge in [0.2, 0.25) is 0 Å². The first-order chi connectivity index (χ1) is 5.54. The maximum Gasteiger partial charge on any atom is 0.0138 e. The van der Waals surface area contributed by atoms with E-state index in [0.29, 0.717) is 5.92 Å². The lowest BCUT2D eigenvalue weighted by molar-refractivity contribution is 0.338. The molecule has 3 N–H and O–H groups in total. The molecular weight excluding hydrogens is 148 g/mol. The van der Waals surface area contributed by atoms with E-state index in [1.165, 1.54) is 19.3 Å². The lowest BCUT2D eigenvalue weighted by atomic mass is 9.86. The summed E-state index contributed by atoms with van der Waals surface area (Å²) in [6.07, 6.45) is 3.83. The second-order valence-corrected chi connectivity index (χ2v) is 4.65. The van der Waals surface area contributed by atoms with Crippen molar-refractivity contribution in [2.24, 2.45) is 11.7 Å². The third kappa shape index (κ3) is 2.46. The molecule has 0 amide bonds. The summed E-state index contributed by atoms with van der Waals surface area (Å²) < 4.78 is 0. The SMILES string of the molecule is CCC[C@@H]1CC(C(C)(C)N)CN1. The Morgan fingerprint density at radius 3 is 2.58 bits per heavy atom. The molecule has 1 rings (SSSR count). The molecule has 1 aliphatic heterocycles. The van der Waals surface area contributed by atoms with E-state index in [2.05, 4.69) is 26.1 Å². The minimum Gasteiger partial charge on any atom is -0.325 e. The van der Waals surface area contributed by atoms with Crippen LogP contribution in [-0.2, 0) is 0 Å². The highest BCUT2D eigenvalue weighted by Crippen LogP contribution is 2.25. The van der Waals surface area contributed by atoms with Gasteiger partial charge >= 0.3 is 0 Å². The van der Waals surface area contributed by atoms with E-state index in [4.69, 9.17) is 5.73 Å².